The minimum Gasteiger partial charge on any atom is -0.286 e. The number of hydrogen-bond donors (Lipinski definition) is 3. The molecule has 1 aromatic rings. The molecule has 2 amide bonds. The zero-order valence-corrected chi connectivity index (χ0v) is 13.7. The van der Waals surface area contributed by atoms with Crippen molar-refractivity contribution in [2.45, 2.75) is 46.0 Å². The molecule has 0 saturated heterocycles. The summed E-state index contributed by atoms with van der Waals surface area (Å²) in [6.45, 7) is 4.00. The maximum Gasteiger partial charge on any atom is 0.243 e. The lowest BCUT2D eigenvalue weighted by Gasteiger charge is -2.19. The van der Waals surface area contributed by atoms with Gasteiger partial charge in [-0.25, -0.2) is 15.0 Å². The molecule has 8 nitrogen and oxygen atoms in total. The first-order valence-corrected chi connectivity index (χ1v) is 7.89. The van der Waals surface area contributed by atoms with Crippen LogP contribution in [0.1, 0.15) is 45.2 Å². The number of hydrazine groups is 1. The topological polar surface area (TPSA) is 107 Å². The SMILES string of the molecule is CCCCC[C@H](CN(O)C=O)C(=O)NNc1nccc(CC)n1. The van der Waals surface area contributed by atoms with E-state index in [1.807, 2.05) is 6.92 Å². The summed E-state index contributed by atoms with van der Waals surface area (Å²) in [5.41, 5.74) is 6.07. The lowest BCUT2D eigenvalue weighted by Crippen LogP contribution is -2.40. The number of unbranched alkanes of at least 4 members (excludes halogenated alkanes) is 2. The van der Waals surface area contributed by atoms with Gasteiger partial charge in [0.25, 0.3) is 0 Å². The van der Waals surface area contributed by atoms with Crippen molar-refractivity contribution in [3.05, 3.63) is 18.0 Å². The number of carbonyl (C=O) groups is 2. The quantitative estimate of drug-likeness (QED) is 0.247. The number of anilines is 1. The van der Waals surface area contributed by atoms with Gasteiger partial charge >= 0.3 is 0 Å². The normalized spacial score (nSPS) is 11.6. The van der Waals surface area contributed by atoms with Crippen LogP contribution in [0.2, 0.25) is 0 Å². The van der Waals surface area contributed by atoms with Crippen LogP contribution in [0.4, 0.5) is 5.95 Å². The molecule has 0 aliphatic rings. The number of hydrogen-bond acceptors (Lipinski definition) is 6. The Balaban J connectivity index is 2.58. The molecule has 1 atom stereocenters. The zero-order valence-electron chi connectivity index (χ0n) is 13.7. The van der Waals surface area contributed by atoms with E-state index < -0.39 is 5.92 Å². The van der Waals surface area contributed by atoms with Crippen LogP contribution in [0, 0.1) is 5.92 Å². The van der Waals surface area contributed by atoms with E-state index in [0.717, 1.165) is 31.4 Å². The minimum absolute atomic E-state index is 0.0451. The molecule has 0 saturated carbocycles. The lowest BCUT2D eigenvalue weighted by molar-refractivity contribution is -0.154. The van der Waals surface area contributed by atoms with Crippen molar-refractivity contribution < 1.29 is 14.8 Å². The van der Waals surface area contributed by atoms with Gasteiger partial charge in [0, 0.05) is 11.9 Å². The fourth-order valence-corrected chi connectivity index (χ4v) is 2.09. The summed E-state index contributed by atoms with van der Waals surface area (Å²) in [5.74, 6) is -0.507. The van der Waals surface area contributed by atoms with Gasteiger partial charge in [-0.1, -0.05) is 33.1 Å². The molecular weight excluding hydrogens is 298 g/mol. The summed E-state index contributed by atoms with van der Waals surface area (Å²) in [5, 5.41) is 9.82. The van der Waals surface area contributed by atoms with E-state index in [0.29, 0.717) is 23.8 Å². The number of nitrogens with zero attached hydrogens (tertiary/aromatic N) is 3. The Labute approximate surface area is 136 Å². The smallest absolute Gasteiger partial charge is 0.243 e. The second kappa shape index (κ2) is 10.5. The number of aryl methyl sites for hydroxylation is 1. The van der Waals surface area contributed by atoms with Gasteiger partial charge in [0.05, 0.1) is 12.5 Å². The number of rotatable bonds is 11. The average Bonchev–Trinajstić information content (AvgIpc) is 2.58. The first-order valence-electron chi connectivity index (χ1n) is 7.89. The number of carbonyl (C=O) groups excluding carboxylic acids is 2. The predicted octanol–water partition coefficient (Wildman–Crippen LogP) is 1.53. The van der Waals surface area contributed by atoms with Crippen LogP contribution in [0.5, 0.6) is 0 Å². The molecule has 0 aromatic carbocycles. The molecule has 1 aromatic heterocycles. The third kappa shape index (κ3) is 7.05. The van der Waals surface area contributed by atoms with E-state index in [-0.39, 0.29) is 12.5 Å². The summed E-state index contributed by atoms with van der Waals surface area (Å²) in [6, 6.07) is 1.80. The standard InChI is InChI=1S/C15H25N5O3/c1-3-5-6-7-12(10-20(23)11-21)14(22)18-19-15-16-9-8-13(4-2)17-15/h8-9,11-12,23H,3-7,10H2,1-2H3,(H,18,22)(H,16,17,19)/t12-/m1/s1. The lowest BCUT2D eigenvalue weighted by atomic mass is 10.0. The van der Waals surface area contributed by atoms with Crippen LogP contribution in [0.25, 0.3) is 0 Å². The van der Waals surface area contributed by atoms with E-state index in [4.69, 9.17) is 0 Å². The summed E-state index contributed by atoms with van der Waals surface area (Å²) in [7, 11) is 0. The van der Waals surface area contributed by atoms with Gasteiger partial charge in [0.2, 0.25) is 18.3 Å². The highest BCUT2D eigenvalue weighted by molar-refractivity contribution is 5.80. The van der Waals surface area contributed by atoms with Gasteiger partial charge in [0.15, 0.2) is 0 Å². The van der Waals surface area contributed by atoms with E-state index >= 15 is 0 Å². The summed E-state index contributed by atoms with van der Waals surface area (Å²) in [6.07, 6.45) is 6.13. The zero-order chi connectivity index (χ0) is 17.1. The largest absolute Gasteiger partial charge is 0.286 e. The Morgan fingerprint density at radius 1 is 1.43 bits per heavy atom. The van der Waals surface area contributed by atoms with Crippen molar-refractivity contribution in [1.29, 1.82) is 0 Å². The van der Waals surface area contributed by atoms with Crippen molar-refractivity contribution in [3.8, 4) is 0 Å². The van der Waals surface area contributed by atoms with Crippen LogP contribution < -0.4 is 10.9 Å². The van der Waals surface area contributed by atoms with E-state index in [2.05, 4.69) is 27.7 Å². The van der Waals surface area contributed by atoms with Crippen molar-refractivity contribution in [3.63, 3.8) is 0 Å². The van der Waals surface area contributed by atoms with Gasteiger partial charge in [-0.05, 0) is 18.9 Å². The Kier molecular flexibility index (Phi) is 8.59. The maximum absolute atomic E-state index is 12.2. The fourth-order valence-electron chi connectivity index (χ4n) is 2.09. The second-order valence-corrected chi connectivity index (χ2v) is 5.26. The van der Waals surface area contributed by atoms with Gasteiger partial charge in [0.1, 0.15) is 0 Å². The molecule has 23 heavy (non-hydrogen) atoms. The Hall–Kier alpha value is -2.22. The van der Waals surface area contributed by atoms with E-state index in [1.165, 1.54) is 0 Å². The van der Waals surface area contributed by atoms with Crippen LogP contribution in [-0.4, -0.2) is 39.1 Å². The molecule has 0 spiro atoms. The molecule has 8 heteroatoms. The van der Waals surface area contributed by atoms with E-state index in [9.17, 15) is 14.8 Å². The number of amides is 2. The third-order valence-electron chi connectivity index (χ3n) is 3.43. The van der Waals surface area contributed by atoms with Crippen molar-refractivity contribution in [2.75, 3.05) is 12.0 Å². The summed E-state index contributed by atoms with van der Waals surface area (Å²) in [4.78, 5) is 31.0. The molecular formula is C15H25N5O3. The van der Waals surface area contributed by atoms with Crippen LogP contribution >= 0.6 is 0 Å². The highest BCUT2D eigenvalue weighted by atomic mass is 16.5. The molecule has 0 bridgehead atoms. The maximum atomic E-state index is 12.2. The van der Waals surface area contributed by atoms with Crippen LogP contribution in [-0.2, 0) is 16.0 Å². The third-order valence-corrected chi connectivity index (χ3v) is 3.43. The summed E-state index contributed by atoms with van der Waals surface area (Å²) < 4.78 is 0. The molecule has 1 rings (SSSR count). The van der Waals surface area contributed by atoms with Crippen LogP contribution in [0.3, 0.4) is 0 Å². The van der Waals surface area contributed by atoms with Gasteiger partial charge in [-0.15, -0.1) is 0 Å². The number of nitrogens with one attached hydrogen (secondary N) is 2. The molecule has 3 N–H and O–H groups in total. The Bertz CT molecular complexity index is 498. The van der Waals surface area contributed by atoms with E-state index in [1.54, 1.807) is 12.3 Å². The van der Waals surface area contributed by atoms with Crippen molar-refractivity contribution in [1.82, 2.24) is 20.5 Å². The molecule has 0 radical (unpaired) electrons. The fraction of sp³-hybridized carbons (Fsp3) is 0.600. The average molecular weight is 323 g/mol. The van der Waals surface area contributed by atoms with Gasteiger partial charge in [-0.3, -0.25) is 25.6 Å². The molecule has 0 fully saturated rings. The Morgan fingerprint density at radius 3 is 2.87 bits per heavy atom. The summed E-state index contributed by atoms with van der Waals surface area (Å²) >= 11 is 0. The Morgan fingerprint density at radius 2 is 2.22 bits per heavy atom. The first-order chi connectivity index (χ1) is 11.1. The highest BCUT2D eigenvalue weighted by Gasteiger charge is 2.20. The highest BCUT2D eigenvalue weighted by Crippen LogP contribution is 2.11. The van der Waals surface area contributed by atoms with Gasteiger partial charge < -0.3 is 0 Å². The molecule has 1 heterocycles. The first kappa shape index (κ1) is 18.8. The monoisotopic (exact) mass is 323 g/mol. The number of hydroxylamine groups is 2. The molecule has 0 aliphatic heterocycles. The molecule has 0 aliphatic carbocycles. The van der Waals surface area contributed by atoms with Crippen molar-refractivity contribution in [2.24, 2.45) is 5.92 Å². The van der Waals surface area contributed by atoms with Crippen LogP contribution in [0.15, 0.2) is 12.3 Å². The van der Waals surface area contributed by atoms with Crippen molar-refractivity contribution >= 4 is 18.3 Å². The minimum atomic E-state index is -0.501. The predicted molar refractivity (Wildman–Crippen MR) is 85.4 cm³/mol. The molecule has 0 unspecified atom stereocenters. The second-order valence-electron chi connectivity index (χ2n) is 5.26. The van der Waals surface area contributed by atoms with Gasteiger partial charge in [-0.2, -0.15) is 0 Å². The molecule has 128 valence electrons. The number of aromatic nitrogens is 2.